The maximum atomic E-state index is 5.83. The van der Waals surface area contributed by atoms with Gasteiger partial charge in [0.25, 0.3) is 0 Å². The van der Waals surface area contributed by atoms with Gasteiger partial charge in [-0.25, -0.2) is 4.98 Å². The first-order chi connectivity index (χ1) is 7.70. The van der Waals surface area contributed by atoms with Crippen molar-refractivity contribution in [3.05, 3.63) is 18.2 Å². The smallest absolute Gasteiger partial charge is 0.0945 e. The molecule has 2 N–H and O–H groups in total. The van der Waals surface area contributed by atoms with Crippen LogP contribution >= 0.6 is 0 Å². The summed E-state index contributed by atoms with van der Waals surface area (Å²) in [6.45, 7) is 4.95. The molecule has 1 aliphatic heterocycles. The van der Waals surface area contributed by atoms with Gasteiger partial charge in [0.1, 0.15) is 0 Å². The monoisotopic (exact) mass is 223 g/mol. The van der Waals surface area contributed by atoms with Gasteiger partial charge in [0.05, 0.1) is 12.0 Å². The lowest BCUT2D eigenvalue weighted by Crippen LogP contribution is -2.54. The molecule has 0 aromatic carbocycles. The molecule has 1 saturated heterocycles. The second kappa shape index (κ2) is 4.95. The zero-order chi connectivity index (χ0) is 11.5. The molecule has 16 heavy (non-hydrogen) atoms. The van der Waals surface area contributed by atoms with Crippen molar-refractivity contribution in [1.29, 1.82) is 0 Å². The number of likely N-dealkylation sites (N-methyl/N-ethyl adjacent to an activating group) is 1. The van der Waals surface area contributed by atoms with Crippen molar-refractivity contribution < 1.29 is 0 Å². The van der Waals surface area contributed by atoms with Crippen LogP contribution in [0.4, 0.5) is 0 Å². The highest BCUT2D eigenvalue weighted by Gasteiger charge is 2.24. The fourth-order valence-electron chi connectivity index (χ4n) is 2.23. The van der Waals surface area contributed by atoms with E-state index >= 15 is 0 Å². The van der Waals surface area contributed by atoms with Crippen LogP contribution in [0.5, 0.6) is 0 Å². The molecule has 1 aromatic heterocycles. The minimum atomic E-state index is 0.466. The number of nitrogens with zero attached hydrogens (tertiary/aromatic N) is 4. The Morgan fingerprint density at radius 3 is 2.88 bits per heavy atom. The first kappa shape index (κ1) is 11.6. The molecule has 0 aliphatic carbocycles. The Balaban J connectivity index is 2.01. The van der Waals surface area contributed by atoms with E-state index < -0.39 is 0 Å². The van der Waals surface area contributed by atoms with Gasteiger partial charge in [-0.15, -0.1) is 0 Å². The summed E-state index contributed by atoms with van der Waals surface area (Å²) in [5, 5.41) is 0. The molecule has 0 amide bonds. The summed E-state index contributed by atoms with van der Waals surface area (Å²) in [7, 11) is 4.19. The number of imidazole rings is 1. The molecule has 1 atom stereocenters. The summed E-state index contributed by atoms with van der Waals surface area (Å²) in [6, 6.07) is 0.466. The average Bonchev–Trinajstić information content (AvgIpc) is 2.67. The number of nitrogens with two attached hydrogens (primary N) is 1. The third kappa shape index (κ3) is 2.42. The van der Waals surface area contributed by atoms with Gasteiger partial charge in [0.15, 0.2) is 0 Å². The largest absolute Gasteiger partial charge is 0.337 e. The van der Waals surface area contributed by atoms with Crippen molar-refractivity contribution in [2.45, 2.75) is 12.6 Å². The quantitative estimate of drug-likeness (QED) is 0.750. The number of piperazine rings is 1. The molecular formula is C11H21N5. The van der Waals surface area contributed by atoms with E-state index in [-0.39, 0.29) is 0 Å². The molecule has 0 bridgehead atoms. The summed E-state index contributed by atoms with van der Waals surface area (Å²) in [6.07, 6.45) is 3.79. The minimum Gasteiger partial charge on any atom is -0.337 e. The third-order valence-electron chi connectivity index (χ3n) is 3.36. The van der Waals surface area contributed by atoms with Crippen LogP contribution in [0.1, 0.15) is 5.69 Å². The number of hydrogen-bond acceptors (Lipinski definition) is 4. The Bertz CT molecular complexity index is 335. The first-order valence-electron chi connectivity index (χ1n) is 5.78. The molecule has 2 heterocycles. The molecule has 1 unspecified atom stereocenters. The number of aryl methyl sites for hydroxylation is 1. The van der Waals surface area contributed by atoms with Gasteiger partial charge < -0.3 is 15.2 Å². The zero-order valence-electron chi connectivity index (χ0n) is 10.1. The lowest BCUT2D eigenvalue weighted by Gasteiger charge is -2.39. The minimum absolute atomic E-state index is 0.466. The van der Waals surface area contributed by atoms with Gasteiger partial charge in [-0.2, -0.15) is 0 Å². The maximum Gasteiger partial charge on any atom is 0.0945 e. The maximum absolute atomic E-state index is 5.83. The molecule has 0 saturated carbocycles. The van der Waals surface area contributed by atoms with Crippen molar-refractivity contribution in [2.24, 2.45) is 12.8 Å². The van der Waals surface area contributed by atoms with Crippen LogP contribution in [0, 0.1) is 0 Å². The number of aromatic nitrogens is 2. The summed E-state index contributed by atoms with van der Waals surface area (Å²) >= 11 is 0. The topological polar surface area (TPSA) is 50.3 Å². The molecule has 5 nitrogen and oxygen atoms in total. The van der Waals surface area contributed by atoms with Crippen LogP contribution in [0.25, 0.3) is 0 Å². The van der Waals surface area contributed by atoms with Crippen LogP contribution in [-0.4, -0.2) is 58.6 Å². The van der Waals surface area contributed by atoms with E-state index in [0.717, 1.165) is 32.7 Å². The molecule has 1 aliphatic rings. The predicted molar refractivity (Wildman–Crippen MR) is 64.0 cm³/mol. The molecular weight excluding hydrogens is 202 g/mol. The zero-order valence-corrected chi connectivity index (χ0v) is 10.1. The van der Waals surface area contributed by atoms with E-state index in [2.05, 4.69) is 26.4 Å². The fourth-order valence-corrected chi connectivity index (χ4v) is 2.23. The Morgan fingerprint density at radius 2 is 2.25 bits per heavy atom. The van der Waals surface area contributed by atoms with E-state index in [1.165, 1.54) is 5.69 Å². The van der Waals surface area contributed by atoms with Crippen molar-refractivity contribution in [1.82, 2.24) is 19.4 Å². The molecule has 1 aromatic rings. The predicted octanol–water partition coefficient (Wildman–Crippen LogP) is -0.505. The van der Waals surface area contributed by atoms with Crippen molar-refractivity contribution >= 4 is 0 Å². The molecule has 0 spiro atoms. The van der Waals surface area contributed by atoms with Crippen molar-refractivity contribution in [2.75, 3.05) is 33.2 Å². The lowest BCUT2D eigenvalue weighted by molar-refractivity contribution is 0.0862. The second-order valence-electron chi connectivity index (χ2n) is 4.62. The molecule has 1 fully saturated rings. The molecule has 90 valence electrons. The van der Waals surface area contributed by atoms with Gasteiger partial charge in [-0.05, 0) is 7.05 Å². The van der Waals surface area contributed by atoms with Crippen LogP contribution < -0.4 is 5.73 Å². The average molecular weight is 223 g/mol. The van der Waals surface area contributed by atoms with Crippen molar-refractivity contribution in [3.63, 3.8) is 0 Å². The van der Waals surface area contributed by atoms with E-state index in [4.69, 9.17) is 5.73 Å². The number of rotatable bonds is 3. The highest BCUT2D eigenvalue weighted by molar-refractivity contribution is 4.99. The van der Waals surface area contributed by atoms with Crippen LogP contribution in [0.15, 0.2) is 12.5 Å². The van der Waals surface area contributed by atoms with Crippen LogP contribution in [0.3, 0.4) is 0 Å². The molecule has 5 heteroatoms. The lowest BCUT2D eigenvalue weighted by atomic mass is 10.1. The van der Waals surface area contributed by atoms with Gasteiger partial charge in [-0.1, -0.05) is 0 Å². The SMILES string of the molecule is CN1CCN(Cc2cncn2C)C(CN)C1. The molecule has 0 radical (unpaired) electrons. The Labute approximate surface area is 96.8 Å². The Hall–Kier alpha value is -0.910. The fraction of sp³-hybridized carbons (Fsp3) is 0.727. The summed E-state index contributed by atoms with van der Waals surface area (Å²) in [4.78, 5) is 8.95. The summed E-state index contributed by atoms with van der Waals surface area (Å²) in [5.41, 5.74) is 7.08. The van der Waals surface area contributed by atoms with Crippen LogP contribution in [0.2, 0.25) is 0 Å². The third-order valence-corrected chi connectivity index (χ3v) is 3.36. The highest BCUT2D eigenvalue weighted by Crippen LogP contribution is 2.11. The number of hydrogen-bond donors (Lipinski definition) is 1. The highest BCUT2D eigenvalue weighted by atomic mass is 15.3. The standard InChI is InChI=1S/C11H21N5/c1-14-3-4-16(10(5-12)7-14)8-11-6-13-9-15(11)2/h6,9-10H,3-5,7-8,12H2,1-2H3. The normalized spacial score (nSPS) is 23.8. The van der Waals surface area contributed by atoms with Gasteiger partial charge in [0.2, 0.25) is 0 Å². The van der Waals surface area contributed by atoms with Gasteiger partial charge in [-0.3, -0.25) is 4.90 Å². The van der Waals surface area contributed by atoms with E-state index in [1.54, 1.807) is 0 Å². The van der Waals surface area contributed by atoms with Gasteiger partial charge >= 0.3 is 0 Å². The molecule has 2 rings (SSSR count). The van der Waals surface area contributed by atoms with E-state index in [9.17, 15) is 0 Å². The van der Waals surface area contributed by atoms with E-state index in [0.29, 0.717) is 6.04 Å². The van der Waals surface area contributed by atoms with Crippen LogP contribution in [-0.2, 0) is 13.6 Å². The Morgan fingerprint density at radius 1 is 1.44 bits per heavy atom. The summed E-state index contributed by atoms with van der Waals surface area (Å²) < 4.78 is 2.08. The first-order valence-corrected chi connectivity index (χ1v) is 5.78. The van der Waals surface area contributed by atoms with Gasteiger partial charge in [0, 0.05) is 52.0 Å². The second-order valence-corrected chi connectivity index (χ2v) is 4.62. The Kier molecular flexibility index (Phi) is 3.58. The van der Waals surface area contributed by atoms with Crippen molar-refractivity contribution in [3.8, 4) is 0 Å². The van der Waals surface area contributed by atoms with E-state index in [1.807, 2.05) is 19.6 Å². The summed E-state index contributed by atoms with van der Waals surface area (Å²) in [5.74, 6) is 0.